The Hall–Kier alpha value is -4.21. The largest absolute Gasteiger partial charge is 0.383 e. The lowest BCUT2D eigenvalue weighted by atomic mass is 10.0. The molecule has 0 radical (unpaired) electrons. The van der Waals surface area contributed by atoms with Crippen molar-refractivity contribution in [1.29, 1.82) is 0 Å². The number of sulfonamides is 1. The van der Waals surface area contributed by atoms with Crippen molar-refractivity contribution in [2.24, 2.45) is 5.14 Å². The molecule has 0 saturated carbocycles. The fourth-order valence-corrected chi connectivity index (χ4v) is 4.51. The smallest absolute Gasteiger partial charge is 0.282 e. The van der Waals surface area contributed by atoms with Crippen molar-refractivity contribution in [2.75, 3.05) is 5.73 Å². The monoisotopic (exact) mass is 471 g/mol. The highest BCUT2D eigenvalue weighted by Gasteiger charge is 2.23. The van der Waals surface area contributed by atoms with Crippen LogP contribution in [0.4, 0.5) is 5.82 Å². The lowest BCUT2D eigenvalue weighted by Crippen LogP contribution is -2.17. The molecule has 0 fully saturated rings. The van der Waals surface area contributed by atoms with Crippen LogP contribution in [0.1, 0.15) is 21.5 Å². The highest BCUT2D eigenvalue weighted by Crippen LogP contribution is 2.31. The predicted molar refractivity (Wildman–Crippen MR) is 131 cm³/mol. The van der Waals surface area contributed by atoms with Crippen molar-refractivity contribution in [3.63, 3.8) is 0 Å². The van der Waals surface area contributed by atoms with Crippen LogP contribution in [0.25, 0.3) is 22.2 Å². The van der Waals surface area contributed by atoms with Crippen molar-refractivity contribution in [3.8, 4) is 11.3 Å². The van der Waals surface area contributed by atoms with Gasteiger partial charge in [-0.3, -0.25) is 4.79 Å². The van der Waals surface area contributed by atoms with E-state index in [2.05, 4.69) is 10.1 Å². The van der Waals surface area contributed by atoms with E-state index in [0.29, 0.717) is 28.8 Å². The topological polar surface area (TPSA) is 137 Å². The second kappa shape index (κ2) is 8.29. The van der Waals surface area contributed by atoms with Crippen LogP contribution in [0.5, 0.6) is 0 Å². The van der Waals surface area contributed by atoms with Crippen LogP contribution in [-0.2, 0) is 16.4 Å². The third kappa shape index (κ3) is 3.87. The van der Waals surface area contributed by atoms with E-state index in [9.17, 15) is 13.2 Å². The van der Waals surface area contributed by atoms with Crippen molar-refractivity contribution >= 4 is 32.7 Å². The van der Waals surface area contributed by atoms with E-state index in [1.165, 1.54) is 16.8 Å². The number of carbonyl (C=O) groups is 1. The Morgan fingerprint density at radius 2 is 1.68 bits per heavy atom. The van der Waals surface area contributed by atoms with Gasteiger partial charge in [0.1, 0.15) is 5.82 Å². The number of hydrogen-bond acceptors (Lipinski definition) is 5. The summed E-state index contributed by atoms with van der Waals surface area (Å²) in [6, 6.07) is 23.1. The van der Waals surface area contributed by atoms with Gasteiger partial charge in [-0.1, -0.05) is 54.6 Å². The summed E-state index contributed by atoms with van der Waals surface area (Å²) < 4.78 is 24.4. The maximum absolute atomic E-state index is 13.5. The zero-order chi connectivity index (χ0) is 23.9. The number of fused-ring (bicyclic) bond motifs is 1. The summed E-state index contributed by atoms with van der Waals surface area (Å²) in [6.45, 7) is 0. The number of rotatable bonds is 5. The fraction of sp³-hybridized carbons (Fsp3) is 0.0400. The summed E-state index contributed by atoms with van der Waals surface area (Å²) in [5.74, 6) is -0.124. The Labute approximate surface area is 195 Å². The molecular weight excluding hydrogens is 450 g/mol. The van der Waals surface area contributed by atoms with Gasteiger partial charge in [-0.05, 0) is 29.8 Å². The van der Waals surface area contributed by atoms with Crippen molar-refractivity contribution < 1.29 is 13.2 Å². The lowest BCUT2D eigenvalue weighted by molar-refractivity contribution is 0.0949. The molecule has 0 amide bonds. The number of aromatic amines is 1. The number of nitrogen functional groups attached to an aromatic ring is 1. The Bertz CT molecular complexity index is 1620. The third-order valence-electron chi connectivity index (χ3n) is 5.71. The Balaban J connectivity index is 1.61. The van der Waals surface area contributed by atoms with Crippen LogP contribution < -0.4 is 10.9 Å². The van der Waals surface area contributed by atoms with Crippen LogP contribution in [0.3, 0.4) is 0 Å². The predicted octanol–water partition coefficient (Wildman–Crippen LogP) is 3.54. The van der Waals surface area contributed by atoms with Crippen molar-refractivity contribution in [2.45, 2.75) is 11.3 Å². The van der Waals surface area contributed by atoms with E-state index in [4.69, 9.17) is 10.9 Å². The fourth-order valence-electron chi connectivity index (χ4n) is 4.00. The van der Waals surface area contributed by atoms with Gasteiger partial charge in [-0.2, -0.15) is 9.78 Å². The van der Waals surface area contributed by atoms with Crippen molar-refractivity contribution in [1.82, 2.24) is 14.8 Å². The number of nitrogens with zero attached hydrogens (tertiary/aromatic N) is 2. The van der Waals surface area contributed by atoms with Crippen LogP contribution >= 0.6 is 0 Å². The molecule has 0 aliphatic heterocycles. The molecule has 0 unspecified atom stereocenters. The highest BCUT2D eigenvalue weighted by atomic mass is 32.2. The maximum Gasteiger partial charge on any atom is 0.282 e. The summed E-state index contributed by atoms with van der Waals surface area (Å²) in [6.07, 6.45) is 2.13. The standard InChI is InChI=1S/C25H21N5O3S/c26-24-21(15-16-9-11-19(12-10-16)34(27,32)33)23(17-5-2-1-3-6-17)29-30(24)25(31)20-8-4-7-18-13-14-28-22(18)20/h1-14,28H,15,26H2,(H2,27,32,33). The van der Waals surface area contributed by atoms with Gasteiger partial charge in [0.15, 0.2) is 0 Å². The third-order valence-corrected chi connectivity index (χ3v) is 6.64. The first-order valence-corrected chi connectivity index (χ1v) is 12.0. The molecule has 2 heterocycles. The first-order chi connectivity index (χ1) is 16.3. The number of anilines is 1. The molecule has 9 heteroatoms. The van der Waals surface area contributed by atoms with Gasteiger partial charge in [0.25, 0.3) is 5.91 Å². The molecule has 0 aliphatic rings. The average Bonchev–Trinajstić information content (AvgIpc) is 3.44. The minimum atomic E-state index is -3.79. The van der Waals surface area contributed by atoms with Crippen LogP contribution in [0, 0.1) is 0 Å². The molecule has 5 aromatic rings. The lowest BCUT2D eigenvalue weighted by Gasteiger charge is -2.07. The second-order valence-electron chi connectivity index (χ2n) is 7.91. The molecular formula is C25H21N5O3S. The quantitative estimate of drug-likeness (QED) is 0.360. The molecule has 170 valence electrons. The summed E-state index contributed by atoms with van der Waals surface area (Å²) in [7, 11) is -3.79. The summed E-state index contributed by atoms with van der Waals surface area (Å²) in [4.78, 5) is 16.6. The SMILES string of the molecule is Nc1c(Cc2ccc(S(N)(=O)=O)cc2)c(-c2ccccc2)nn1C(=O)c1cccc2cc[nH]c12. The minimum Gasteiger partial charge on any atom is -0.383 e. The van der Waals surface area contributed by atoms with Gasteiger partial charge in [0, 0.05) is 29.1 Å². The first-order valence-electron chi connectivity index (χ1n) is 10.5. The van der Waals surface area contributed by atoms with E-state index >= 15 is 0 Å². The van der Waals surface area contributed by atoms with E-state index < -0.39 is 10.0 Å². The maximum atomic E-state index is 13.5. The average molecular weight is 472 g/mol. The molecule has 0 saturated heterocycles. The normalized spacial score (nSPS) is 11.7. The number of nitrogens with two attached hydrogens (primary N) is 2. The molecule has 0 aliphatic carbocycles. The minimum absolute atomic E-state index is 0.0254. The van der Waals surface area contributed by atoms with Gasteiger partial charge in [0.2, 0.25) is 10.0 Å². The Morgan fingerprint density at radius 3 is 2.38 bits per heavy atom. The van der Waals surface area contributed by atoms with E-state index in [-0.39, 0.29) is 16.6 Å². The second-order valence-corrected chi connectivity index (χ2v) is 9.47. The molecule has 3 aromatic carbocycles. The molecule has 0 spiro atoms. The van der Waals surface area contributed by atoms with Gasteiger partial charge in [0.05, 0.1) is 21.7 Å². The molecule has 5 N–H and O–H groups in total. The van der Waals surface area contributed by atoms with Crippen LogP contribution in [-0.4, -0.2) is 29.1 Å². The Morgan fingerprint density at radius 1 is 0.941 bits per heavy atom. The molecule has 5 rings (SSSR count). The number of hydrogen-bond donors (Lipinski definition) is 3. The number of para-hydroxylation sites is 1. The Kier molecular flexibility index (Phi) is 5.27. The van der Waals surface area contributed by atoms with Gasteiger partial charge in [-0.15, -0.1) is 0 Å². The van der Waals surface area contributed by atoms with E-state index in [1.807, 2.05) is 48.5 Å². The van der Waals surface area contributed by atoms with E-state index in [1.54, 1.807) is 24.4 Å². The first kappa shape index (κ1) is 21.6. The van der Waals surface area contributed by atoms with Crippen LogP contribution in [0.2, 0.25) is 0 Å². The number of benzene rings is 3. The number of primary sulfonamides is 1. The van der Waals surface area contributed by atoms with Gasteiger partial charge < -0.3 is 10.7 Å². The zero-order valence-corrected chi connectivity index (χ0v) is 18.8. The van der Waals surface area contributed by atoms with E-state index in [0.717, 1.165) is 16.5 Å². The summed E-state index contributed by atoms with van der Waals surface area (Å²) in [5.41, 5.74) is 10.5. The number of nitrogens with one attached hydrogen (secondary N) is 1. The summed E-state index contributed by atoms with van der Waals surface area (Å²) in [5, 5.41) is 10.7. The molecule has 2 aromatic heterocycles. The molecule has 0 bridgehead atoms. The number of H-pyrrole nitrogens is 1. The highest BCUT2D eigenvalue weighted by molar-refractivity contribution is 7.89. The number of carbonyl (C=O) groups excluding carboxylic acids is 1. The van der Waals surface area contributed by atoms with Gasteiger partial charge >= 0.3 is 0 Å². The summed E-state index contributed by atoms with van der Waals surface area (Å²) >= 11 is 0. The van der Waals surface area contributed by atoms with Crippen molar-refractivity contribution in [3.05, 3.63) is 102 Å². The zero-order valence-electron chi connectivity index (χ0n) is 18.0. The number of aromatic nitrogens is 3. The van der Waals surface area contributed by atoms with Crippen LogP contribution in [0.15, 0.2) is 90.0 Å². The van der Waals surface area contributed by atoms with Gasteiger partial charge in [-0.25, -0.2) is 13.6 Å². The molecule has 0 atom stereocenters. The molecule has 8 nitrogen and oxygen atoms in total. The molecule has 34 heavy (non-hydrogen) atoms.